The highest BCUT2D eigenvalue weighted by Crippen LogP contribution is 2.39. The van der Waals surface area contributed by atoms with Crippen LogP contribution in [0.4, 0.5) is 0 Å². The molecule has 0 saturated carbocycles. The summed E-state index contributed by atoms with van der Waals surface area (Å²) >= 11 is 0. The van der Waals surface area contributed by atoms with Gasteiger partial charge in [-0.1, -0.05) is 18.2 Å². The van der Waals surface area contributed by atoms with Gasteiger partial charge in [0.05, 0.1) is 13.2 Å². The Balaban J connectivity index is 1.82. The number of piperidine rings is 1. The number of carbonyl (C=O) groups is 1. The molecule has 5 heteroatoms. The summed E-state index contributed by atoms with van der Waals surface area (Å²) in [6, 6.07) is 9.04. The fourth-order valence-electron chi connectivity index (χ4n) is 4.39. The molecule has 0 unspecified atom stereocenters. The summed E-state index contributed by atoms with van der Waals surface area (Å²) in [6.45, 7) is 2.63. The summed E-state index contributed by atoms with van der Waals surface area (Å²) in [5.41, 5.74) is 1.29. The fourth-order valence-corrected chi connectivity index (χ4v) is 4.39. The Morgan fingerprint density at radius 2 is 2.04 bits per heavy atom. The highest BCUT2D eigenvalue weighted by atomic mass is 16.5. The maximum Gasteiger partial charge on any atom is 0.246 e. The molecular weight excluding hydrogens is 326 g/mol. The van der Waals surface area contributed by atoms with Gasteiger partial charge in [0.25, 0.3) is 0 Å². The van der Waals surface area contributed by atoms with E-state index < -0.39 is 0 Å². The second kappa shape index (κ2) is 8.23. The first-order valence-electron chi connectivity index (χ1n) is 9.47. The van der Waals surface area contributed by atoms with Gasteiger partial charge in [0.2, 0.25) is 5.91 Å². The van der Waals surface area contributed by atoms with Crippen LogP contribution in [-0.2, 0) is 4.79 Å². The lowest BCUT2D eigenvalue weighted by atomic mass is 9.86. The number of fused-ring (bicyclic) bond motifs is 1. The van der Waals surface area contributed by atoms with E-state index in [0.29, 0.717) is 12.0 Å². The zero-order chi connectivity index (χ0) is 18.7. The Bertz CT molecular complexity index is 641. The smallest absolute Gasteiger partial charge is 0.246 e. The van der Waals surface area contributed by atoms with Crippen molar-refractivity contribution in [2.45, 2.75) is 30.8 Å². The summed E-state index contributed by atoms with van der Waals surface area (Å²) in [5.74, 6) is 1.37. The molecule has 26 heavy (non-hydrogen) atoms. The van der Waals surface area contributed by atoms with Crippen LogP contribution < -0.4 is 4.74 Å². The molecule has 0 bridgehead atoms. The zero-order valence-corrected chi connectivity index (χ0v) is 16.4. The highest BCUT2D eigenvalue weighted by Gasteiger charge is 2.46. The van der Waals surface area contributed by atoms with Gasteiger partial charge in [-0.3, -0.25) is 4.79 Å². The van der Waals surface area contributed by atoms with Gasteiger partial charge in [0, 0.05) is 37.7 Å². The first kappa shape index (κ1) is 18.9. The van der Waals surface area contributed by atoms with Crippen LogP contribution in [0.25, 0.3) is 0 Å². The average Bonchev–Trinajstić information content (AvgIpc) is 2.98. The Morgan fingerprint density at radius 1 is 1.31 bits per heavy atom. The van der Waals surface area contributed by atoms with Gasteiger partial charge in [-0.05, 0) is 51.7 Å². The number of amides is 1. The van der Waals surface area contributed by atoms with Crippen molar-refractivity contribution in [1.29, 1.82) is 0 Å². The number of benzene rings is 1. The van der Waals surface area contributed by atoms with Gasteiger partial charge in [-0.15, -0.1) is 0 Å². The van der Waals surface area contributed by atoms with Crippen LogP contribution in [0.15, 0.2) is 36.4 Å². The topological polar surface area (TPSA) is 36.0 Å². The minimum atomic E-state index is 0.148. The molecule has 2 aliphatic rings. The third kappa shape index (κ3) is 3.94. The molecule has 3 rings (SSSR count). The average molecular weight is 357 g/mol. The number of ether oxygens (including phenoxy) is 1. The number of carbonyl (C=O) groups excluding carboxylic acids is 1. The Morgan fingerprint density at radius 3 is 2.69 bits per heavy atom. The second-order valence-corrected chi connectivity index (χ2v) is 7.72. The summed E-state index contributed by atoms with van der Waals surface area (Å²) in [7, 11) is 7.90. The van der Waals surface area contributed by atoms with Crippen molar-refractivity contribution in [2.24, 2.45) is 0 Å². The number of likely N-dealkylation sites (N-methyl/N-ethyl adjacent to an activating group) is 2. The standard InChI is InChI=1S/C21H31N3O2/c1-22(2)13-6-8-20(25)24-14-5-7-19-21(24)18(15-23(19)3)16-9-11-17(26-4)12-10-16/h6,8-12,18-19,21H,5,7,13-15H2,1-4H3/b8-6+/t18-,19-,21-/m1/s1. The van der Waals surface area contributed by atoms with Gasteiger partial charge in [-0.2, -0.15) is 0 Å². The minimum Gasteiger partial charge on any atom is -0.497 e. The molecule has 0 aliphatic carbocycles. The van der Waals surface area contributed by atoms with Crippen LogP contribution in [0.2, 0.25) is 0 Å². The van der Waals surface area contributed by atoms with Crippen molar-refractivity contribution < 1.29 is 9.53 Å². The quantitative estimate of drug-likeness (QED) is 0.757. The van der Waals surface area contributed by atoms with E-state index in [1.54, 1.807) is 13.2 Å². The highest BCUT2D eigenvalue weighted by molar-refractivity contribution is 5.88. The maximum absolute atomic E-state index is 12.9. The van der Waals surface area contributed by atoms with E-state index in [9.17, 15) is 4.79 Å². The minimum absolute atomic E-state index is 0.148. The maximum atomic E-state index is 12.9. The lowest BCUT2D eigenvalue weighted by molar-refractivity contribution is -0.130. The first-order valence-corrected chi connectivity index (χ1v) is 9.47. The third-order valence-corrected chi connectivity index (χ3v) is 5.67. The second-order valence-electron chi connectivity index (χ2n) is 7.72. The van der Waals surface area contributed by atoms with E-state index in [1.807, 2.05) is 32.3 Å². The summed E-state index contributed by atoms with van der Waals surface area (Å²) in [6.07, 6.45) is 5.96. The summed E-state index contributed by atoms with van der Waals surface area (Å²) < 4.78 is 5.29. The van der Waals surface area contributed by atoms with Crippen molar-refractivity contribution in [3.8, 4) is 5.75 Å². The number of rotatable bonds is 5. The summed E-state index contributed by atoms with van der Waals surface area (Å²) in [5, 5.41) is 0. The molecule has 1 amide bonds. The predicted molar refractivity (Wildman–Crippen MR) is 105 cm³/mol. The van der Waals surface area contributed by atoms with Crippen molar-refractivity contribution >= 4 is 5.91 Å². The molecule has 3 atom stereocenters. The molecule has 2 fully saturated rings. The van der Waals surface area contributed by atoms with Crippen molar-refractivity contribution in [3.63, 3.8) is 0 Å². The van der Waals surface area contributed by atoms with E-state index >= 15 is 0 Å². The van der Waals surface area contributed by atoms with Crippen LogP contribution in [0.5, 0.6) is 5.75 Å². The third-order valence-electron chi connectivity index (χ3n) is 5.67. The van der Waals surface area contributed by atoms with Crippen LogP contribution in [0.3, 0.4) is 0 Å². The van der Waals surface area contributed by atoms with E-state index in [1.165, 1.54) is 12.0 Å². The lowest BCUT2D eigenvalue weighted by Crippen LogP contribution is -2.52. The van der Waals surface area contributed by atoms with Crippen molar-refractivity contribution in [1.82, 2.24) is 14.7 Å². The van der Waals surface area contributed by atoms with Crippen LogP contribution in [-0.4, -0.2) is 80.6 Å². The summed E-state index contributed by atoms with van der Waals surface area (Å²) in [4.78, 5) is 19.5. The monoisotopic (exact) mass is 357 g/mol. The van der Waals surface area contributed by atoms with E-state index in [-0.39, 0.29) is 11.9 Å². The lowest BCUT2D eigenvalue weighted by Gasteiger charge is -2.41. The van der Waals surface area contributed by atoms with Gasteiger partial charge >= 0.3 is 0 Å². The molecule has 0 radical (unpaired) electrons. The molecule has 1 aromatic carbocycles. The molecule has 0 aromatic heterocycles. The molecule has 5 nitrogen and oxygen atoms in total. The molecule has 2 saturated heterocycles. The molecular formula is C21H31N3O2. The van der Waals surface area contributed by atoms with Crippen molar-refractivity contribution in [2.75, 3.05) is 47.9 Å². The van der Waals surface area contributed by atoms with Crippen molar-refractivity contribution in [3.05, 3.63) is 42.0 Å². The van der Waals surface area contributed by atoms with Crippen LogP contribution in [0, 0.1) is 0 Å². The van der Waals surface area contributed by atoms with E-state index in [0.717, 1.165) is 31.8 Å². The number of methoxy groups -OCH3 is 1. The Labute approximate surface area is 157 Å². The molecule has 0 spiro atoms. The molecule has 0 N–H and O–H groups in total. The fraction of sp³-hybridized carbons (Fsp3) is 0.571. The number of nitrogens with zero attached hydrogens (tertiary/aromatic N) is 3. The number of hydrogen-bond donors (Lipinski definition) is 0. The molecule has 1 aromatic rings. The SMILES string of the molecule is COc1ccc([C@H]2CN(C)[C@@H]3CCCN(C(=O)/C=C/CN(C)C)[C@H]23)cc1. The van der Waals surface area contributed by atoms with Gasteiger partial charge in [-0.25, -0.2) is 0 Å². The van der Waals surface area contributed by atoms with E-state index in [4.69, 9.17) is 4.74 Å². The molecule has 142 valence electrons. The first-order chi connectivity index (χ1) is 12.5. The largest absolute Gasteiger partial charge is 0.497 e. The van der Waals surface area contributed by atoms with Gasteiger partial charge < -0.3 is 19.4 Å². The molecule has 2 aliphatic heterocycles. The number of hydrogen-bond acceptors (Lipinski definition) is 4. The van der Waals surface area contributed by atoms with Crippen LogP contribution in [0.1, 0.15) is 24.3 Å². The Kier molecular flexibility index (Phi) is 5.99. The number of likely N-dealkylation sites (tertiary alicyclic amines) is 2. The van der Waals surface area contributed by atoms with Gasteiger partial charge in [0.15, 0.2) is 0 Å². The van der Waals surface area contributed by atoms with Crippen LogP contribution >= 0.6 is 0 Å². The Hall–Kier alpha value is -1.85. The predicted octanol–water partition coefficient (Wildman–Crippen LogP) is 2.20. The van der Waals surface area contributed by atoms with E-state index in [2.05, 4.69) is 33.9 Å². The normalized spacial score (nSPS) is 26.5. The zero-order valence-electron chi connectivity index (χ0n) is 16.4. The molecule has 2 heterocycles. The van der Waals surface area contributed by atoms with Gasteiger partial charge in [0.1, 0.15) is 5.75 Å².